The van der Waals surface area contributed by atoms with E-state index in [0.29, 0.717) is 0 Å². The summed E-state index contributed by atoms with van der Waals surface area (Å²) in [5.74, 6) is 2.48. The van der Waals surface area contributed by atoms with E-state index in [2.05, 4.69) is 34.6 Å². The fraction of sp³-hybridized carbons (Fsp3) is 0.750. The Morgan fingerprint density at radius 2 is 2.25 bits per heavy atom. The van der Waals surface area contributed by atoms with Gasteiger partial charge in [0.1, 0.15) is 5.82 Å². The zero-order valence-corrected chi connectivity index (χ0v) is 12.2. The van der Waals surface area contributed by atoms with Crippen LogP contribution >= 0.6 is 22.6 Å². The Hall–Kier alpha value is -0.260. The molecule has 4 heteroatoms. The van der Waals surface area contributed by atoms with Crippen molar-refractivity contribution in [3.8, 4) is 0 Å². The molecule has 2 N–H and O–H groups in total. The lowest BCUT2D eigenvalue weighted by molar-refractivity contribution is 0.251. The molecule has 1 aliphatic carbocycles. The van der Waals surface area contributed by atoms with E-state index in [4.69, 9.17) is 5.73 Å². The van der Waals surface area contributed by atoms with Crippen LogP contribution < -0.4 is 5.73 Å². The van der Waals surface area contributed by atoms with Crippen LogP contribution in [0.2, 0.25) is 0 Å². The van der Waals surface area contributed by atoms with Crippen molar-refractivity contribution in [2.24, 2.45) is 11.8 Å². The monoisotopic (exact) mass is 333 g/mol. The molecule has 0 aromatic carbocycles. The third-order valence-electron chi connectivity index (χ3n) is 3.57. The normalized spacial score (nSPS) is 25.9. The standard InChI is InChI=1S/C12H20IN3/c1-8-4-3-5-10(6-8)7-16-12(14)11(13)9(2)15-16/h8,10H,3-7,14H2,1-2H3. The first-order valence-corrected chi connectivity index (χ1v) is 7.14. The van der Waals surface area contributed by atoms with Gasteiger partial charge >= 0.3 is 0 Å². The molecule has 0 saturated heterocycles. The molecular weight excluding hydrogens is 313 g/mol. The van der Waals surface area contributed by atoms with E-state index in [1.54, 1.807) is 0 Å². The van der Waals surface area contributed by atoms with Crippen LogP contribution in [-0.4, -0.2) is 9.78 Å². The number of anilines is 1. The number of aromatic nitrogens is 2. The van der Waals surface area contributed by atoms with Crippen LogP contribution in [0.3, 0.4) is 0 Å². The molecule has 2 rings (SSSR count). The van der Waals surface area contributed by atoms with Crippen molar-refractivity contribution in [2.75, 3.05) is 5.73 Å². The summed E-state index contributed by atoms with van der Waals surface area (Å²) >= 11 is 2.28. The molecule has 16 heavy (non-hydrogen) atoms. The second-order valence-corrected chi connectivity index (χ2v) is 6.18. The van der Waals surface area contributed by atoms with Gasteiger partial charge in [-0.15, -0.1) is 0 Å². The summed E-state index contributed by atoms with van der Waals surface area (Å²) in [4.78, 5) is 0. The molecule has 2 atom stereocenters. The average molecular weight is 333 g/mol. The number of aryl methyl sites for hydroxylation is 1. The van der Waals surface area contributed by atoms with Crippen LogP contribution in [0.5, 0.6) is 0 Å². The minimum Gasteiger partial charge on any atom is -0.383 e. The van der Waals surface area contributed by atoms with Gasteiger partial charge in [-0.2, -0.15) is 5.10 Å². The predicted octanol–water partition coefficient (Wildman–Crippen LogP) is 3.20. The van der Waals surface area contributed by atoms with Gasteiger partial charge in [0.05, 0.1) is 9.26 Å². The van der Waals surface area contributed by atoms with Gasteiger partial charge in [-0.3, -0.25) is 0 Å². The van der Waals surface area contributed by atoms with E-state index in [0.717, 1.165) is 33.5 Å². The molecule has 3 nitrogen and oxygen atoms in total. The van der Waals surface area contributed by atoms with Gasteiger partial charge in [0.15, 0.2) is 0 Å². The van der Waals surface area contributed by atoms with Crippen molar-refractivity contribution in [2.45, 2.75) is 46.1 Å². The second kappa shape index (κ2) is 4.94. The van der Waals surface area contributed by atoms with Crippen molar-refractivity contribution in [3.63, 3.8) is 0 Å². The summed E-state index contributed by atoms with van der Waals surface area (Å²) in [5.41, 5.74) is 7.11. The highest BCUT2D eigenvalue weighted by Crippen LogP contribution is 2.30. The molecule has 90 valence electrons. The molecule has 1 aromatic heterocycles. The van der Waals surface area contributed by atoms with Crippen molar-refractivity contribution < 1.29 is 0 Å². The van der Waals surface area contributed by atoms with Gasteiger partial charge in [0.2, 0.25) is 0 Å². The van der Waals surface area contributed by atoms with Crippen molar-refractivity contribution >= 4 is 28.4 Å². The summed E-state index contributed by atoms with van der Waals surface area (Å²) in [6.07, 6.45) is 5.42. The van der Waals surface area contributed by atoms with Crippen LogP contribution in [0.25, 0.3) is 0 Å². The van der Waals surface area contributed by atoms with Crippen LogP contribution in [0.1, 0.15) is 38.3 Å². The van der Waals surface area contributed by atoms with Gasteiger partial charge in [-0.25, -0.2) is 4.68 Å². The summed E-state index contributed by atoms with van der Waals surface area (Å²) < 4.78 is 3.11. The molecule has 0 spiro atoms. The Labute approximate surface area is 111 Å². The molecular formula is C12H20IN3. The summed E-state index contributed by atoms with van der Waals surface area (Å²) in [6, 6.07) is 0. The number of rotatable bonds is 2. The maximum Gasteiger partial charge on any atom is 0.135 e. The van der Waals surface area contributed by atoms with Gasteiger partial charge < -0.3 is 5.73 Å². The summed E-state index contributed by atoms with van der Waals surface area (Å²) in [6.45, 7) is 5.38. The Morgan fingerprint density at radius 1 is 1.50 bits per heavy atom. The first-order chi connectivity index (χ1) is 7.58. The number of halogens is 1. The third kappa shape index (κ3) is 2.52. The van der Waals surface area contributed by atoms with Crippen LogP contribution in [0.4, 0.5) is 5.82 Å². The molecule has 1 aliphatic rings. The molecule has 2 unspecified atom stereocenters. The lowest BCUT2D eigenvalue weighted by Gasteiger charge is -2.26. The molecule has 1 fully saturated rings. The highest BCUT2D eigenvalue weighted by molar-refractivity contribution is 14.1. The third-order valence-corrected chi connectivity index (χ3v) is 4.90. The molecule has 1 heterocycles. The van der Waals surface area contributed by atoms with Crippen molar-refractivity contribution in [1.82, 2.24) is 9.78 Å². The van der Waals surface area contributed by atoms with Crippen molar-refractivity contribution in [3.05, 3.63) is 9.26 Å². The van der Waals surface area contributed by atoms with Gasteiger partial charge in [-0.1, -0.05) is 19.8 Å². The van der Waals surface area contributed by atoms with Gasteiger partial charge in [0, 0.05) is 6.54 Å². The topological polar surface area (TPSA) is 43.8 Å². The predicted molar refractivity (Wildman–Crippen MR) is 75.2 cm³/mol. The number of nitrogens with two attached hydrogens (primary N) is 1. The zero-order valence-electron chi connectivity index (χ0n) is 10.0. The van der Waals surface area contributed by atoms with Crippen molar-refractivity contribution in [1.29, 1.82) is 0 Å². The highest BCUT2D eigenvalue weighted by Gasteiger charge is 2.21. The lowest BCUT2D eigenvalue weighted by atomic mass is 9.82. The fourth-order valence-corrected chi connectivity index (χ4v) is 3.07. The Kier molecular flexibility index (Phi) is 3.77. The maximum atomic E-state index is 6.05. The number of hydrogen-bond donors (Lipinski definition) is 1. The number of nitrogen functional groups attached to an aromatic ring is 1. The van der Waals surface area contributed by atoms with E-state index in [1.165, 1.54) is 25.7 Å². The number of nitrogens with zero attached hydrogens (tertiary/aromatic N) is 2. The molecule has 1 aromatic rings. The fourth-order valence-electron chi connectivity index (χ4n) is 2.69. The maximum absolute atomic E-state index is 6.05. The first kappa shape index (κ1) is 12.2. The Morgan fingerprint density at radius 3 is 2.81 bits per heavy atom. The van der Waals surface area contributed by atoms with E-state index in [1.807, 2.05) is 11.6 Å². The molecule has 0 amide bonds. The van der Waals surface area contributed by atoms with Gasteiger partial charge in [-0.05, 0) is 54.2 Å². The summed E-state index contributed by atoms with van der Waals surface area (Å²) in [5, 5.41) is 4.51. The molecule has 1 saturated carbocycles. The van der Waals surface area contributed by atoms with E-state index < -0.39 is 0 Å². The Balaban J connectivity index is 2.05. The average Bonchev–Trinajstić information content (AvgIpc) is 2.47. The minimum atomic E-state index is 0.765. The SMILES string of the molecule is Cc1nn(CC2CCCC(C)C2)c(N)c1I. The first-order valence-electron chi connectivity index (χ1n) is 6.06. The summed E-state index contributed by atoms with van der Waals surface area (Å²) in [7, 11) is 0. The van der Waals surface area contributed by atoms with Crippen LogP contribution in [0, 0.1) is 22.3 Å². The van der Waals surface area contributed by atoms with E-state index in [9.17, 15) is 0 Å². The minimum absolute atomic E-state index is 0.765. The van der Waals surface area contributed by atoms with Gasteiger partial charge in [0.25, 0.3) is 0 Å². The largest absolute Gasteiger partial charge is 0.383 e. The highest BCUT2D eigenvalue weighted by atomic mass is 127. The number of hydrogen-bond acceptors (Lipinski definition) is 2. The molecule has 0 radical (unpaired) electrons. The molecule has 0 bridgehead atoms. The van der Waals surface area contributed by atoms with E-state index in [-0.39, 0.29) is 0 Å². The second-order valence-electron chi connectivity index (χ2n) is 5.10. The quantitative estimate of drug-likeness (QED) is 0.845. The smallest absolute Gasteiger partial charge is 0.135 e. The zero-order chi connectivity index (χ0) is 11.7. The van der Waals surface area contributed by atoms with Crippen LogP contribution in [0.15, 0.2) is 0 Å². The molecule has 0 aliphatic heterocycles. The van der Waals surface area contributed by atoms with Crippen LogP contribution in [-0.2, 0) is 6.54 Å². The van der Waals surface area contributed by atoms with E-state index >= 15 is 0 Å². The Bertz CT molecular complexity index is 373. The lowest BCUT2D eigenvalue weighted by Crippen LogP contribution is -2.20.